The Bertz CT molecular complexity index is 1790. The van der Waals surface area contributed by atoms with Crippen molar-refractivity contribution in [2.75, 3.05) is 5.32 Å². The summed E-state index contributed by atoms with van der Waals surface area (Å²) in [5, 5.41) is 6.79. The predicted octanol–water partition coefficient (Wildman–Crippen LogP) is 9.96. The number of hydrogen-bond donors (Lipinski definition) is 1. The molecule has 0 radical (unpaired) electrons. The summed E-state index contributed by atoms with van der Waals surface area (Å²) in [6.45, 7) is 2.56. The third-order valence-corrected chi connectivity index (χ3v) is 8.75. The Hall–Kier alpha value is -4.34. The van der Waals surface area contributed by atoms with Gasteiger partial charge in [0.05, 0.1) is 11.7 Å². The molecule has 5 aromatic rings. The summed E-state index contributed by atoms with van der Waals surface area (Å²) in [4.78, 5) is 4.89. The van der Waals surface area contributed by atoms with Crippen molar-refractivity contribution in [3.8, 4) is 5.75 Å². The second-order valence-corrected chi connectivity index (χ2v) is 11.4. The minimum atomic E-state index is 0.270. The Kier molecular flexibility index (Phi) is 6.82. The molecule has 1 aliphatic carbocycles. The highest BCUT2D eigenvalue weighted by Crippen LogP contribution is 2.50. The number of allylic oxidation sites excluding steroid dienone is 2. The van der Waals surface area contributed by atoms with Crippen LogP contribution in [0.5, 0.6) is 5.75 Å². The molecule has 4 heteroatoms. The monoisotopic (exact) mass is 554 g/mol. The normalized spacial score (nSPS) is 19.2. The molecule has 0 aromatic heterocycles. The molecule has 1 N–H and O–H groups in total. The lowest BCUT2D eigenvalue weighted by Gasteiger charge is -2.37. The van der Waals surface area contributed by atoms with E-state index in [0.717, 1.165) is 39.8 Å². The molecule has 0 fully saturated rings. The van der Waals surface area contributed by atoms with E-state index in [1.165, 1.54) is 22.4 Å². The van der Waals surface area contributed by atoms with E-state index in [1.54, 1.807) is 0 Å². The summed E-state index contributed by atoms with van der Waals surface area (Å²) in [5.74, 6) is 1.76. The van der Waals surface area contributed by atoms with Crippen LogP contribution in [0.1, 0.15) is 46.2 Å². The zero-order valence-electron chi connectivity index (χ0n) is 22.9. The number of aliphatic imine (C=N–C) groups is 1. The lowest BCUT2D eigenvalue weighted by atomic mass is 9.76. The summed E-state index contributed by atoms with van der Waals surface area (Å²) < 4.78 is 6.29. The van der Waals surface area contributed by atoms with Crippen molar-refractivity contribution < 1.29 is 4.74 Å². The summed E-state index contributed by atoms with van der Waals surface area (Å²) in [6, 6.07) is 35.9. The second kappa shape index (κ2) is 10.9. The summed E-state index contributed by atoms with van der Waals surface area (Å²) in [6.07, 6.45) is 7.75. The van der Waals surface area contributed by atoms with Gasteiger partial charge in [0.2, 0.25) is 0 Å². The van der Waals surface area contributed by atoms with Crippen LogP contribution in [0.3, 0.4) is 0 Å². The van der Waals surface area contributed by atoms with E-state index in [-0.39, 0.29) is 6.04 Å². The average molecular weight is 555 g/mol. The van der Waals surface area contributed by atoms with Gasteiger partial charge in [0, 0.05) is 34.0 Å². The Labute approximate surface area is 246 Å². The maximum absolute atomic E-state index is 6.38. The second-order valence-electron chi connectivity index (χ2n) is 11.0. The van der Waals surface area contributed by atoms with Gasteiger partial charge in [-0.25, -0.2) is 0 Å². The number of nitrogens with one attached hydrogen (secondary N) is 1. The summed E-state index contributed by atoms with van der Waals surface area (Å²) in [7, 11) is 0. The summed E-state index contributed by atoms with van der Waals surface area (Å²) in [5.41, 5.74) is 8.09. The van der Waals surface area contributed by atoms with Crippen LogP contribution in [0.4, 0.5) is 11.4 Å². The van der Waals surface area contributed by atoms with Crippen LogP contribution in [0.2, 0.25) is 5.02 Å². The number of halogens is 1. The first-order valence-electron chi connectivity index (χ1n) is 14.2. The van der Waals surface area contributed by atoms with Crippen LogP contribution in [-0.2, 0) is 6.61 Å². The van der Waals surface area contributed by atoms with Crippen LogP contribution in [0.15, 0.2) is 120 Å². The molecule has 7 rings (SSSR count). The van der Waals surface area contributed by atoms with Crippen molar-refractivity contribution in [3.05, 3.63) is 148 Å². The van der Waals surface area contributed by atoms with Gasteiger partial charge in [0.25, 0.3) is 0 Å². The van der Waals surface area contributed by atoms with E-state index >= 15 is 0 Å². The lowest BCUT2D eigenvalue weighted by Crippen LogP contribution is -2.29. The predicted molar refractivity (Wildman–Crippen MR) is 171 cm³/mol. The van der Waals surface area contributed by atoms with Crippen LogP contribution >= 0.6 is 11.6 Å². The standard InChI is InChI=1S/C37H31ClN2O/c1-24-13-19-35-32(21-24)30-10-6-11-31(30)37(40-35)26-14-17-28(18-15-26)39-22-33-29-9-4-2-7-25(29)16-20-36(33)41-23-27-8-3-5-12-34(27)38/h2-10,12-22,30-31,37,40H,11,23H2,1H3/t30-,31-,37+/m1/s1. The van der Waals surface area contributed by atoms with E-state index in [9.17, 15) is 0 Å². The molecule has 0 saturated carbocycles. The smallest absolute Gasteiger partial charge is 0.129 e. The van der Waals surface area contributed by atoms with Crippen molar-refractivity contribution in [3.63, 3.8) is 0 Å². The largest absolute Gasteiger partial charge is 0.488 e. The minimum Gasteiger partial charge on any atom is -0.488 e. The SMILES string of the molecule is Cc1ccc2c(c1)[C@@H]1C=CC[C@H]1[C@H](c1ccc(N=Cc3c(OCc4ccccc4Cl)ccc4ccccc34)cc1)N2. The Balaban J connectivity index is 1.16. The number of hydrogen-bond acceptors (Lipinski definition) is 3. The molecule has 0 unspecified atom stereocenters. The van der Waals surface area contributed by atoms with E-state index in [4.69, 9.17) is 21.3 Å². The number of rotatable bonds is 6. The van der Waals surface area contributed by atoms with E-state index < -0.39 is 0 Å². The van der Waals surface area contributed by atoms with E-state index in [2.05, 4.69) is 91.1 Å². The maximum Gasteiger partial charge on any atom is 0.129 e. The number of benzene rings is 5. The summed E-state index contributed by atoms with van der Waals surface area (Å²) >= 11 is 6.38. The molecule has 3 nitrogen and oxygen atoms in total. The van der Waals surface area contributed by atoms with Crippen molar-refractivity contribution >= 4 is 40.0 Å². The molecular weight excluding hydrogens is 524 g/mol. The first-order valence-corrected chi connectivity index (χ1v) is 14.6. The highest BCUT2D eigenvalue weighted by Gasteiger charge is 2.37. The van der Waals surface area contributed by atoms with Crippen LogP contribution < -0.4 is 10.1 Å². The van der Waals surface area contributed by atoms with Crippen molar-refractivity contribution in [2.45, 2.75) is 31.9 Å². The fourth-order valence-corrected chi connectivity index (χ4v) is 6.45. The number of nitrogens with zero attached hydrogens (tertiary/aromatic N) is 1. The first-order chi connectivity index (χ1) is 20.1. The quantitative estimate of drug-likeness (QED) is 0.167. The first kappa shape index (κ1) is 25.6. The number of anilines is 1. The zero-order valence-corrected chi connectivity index (χ0v) is 23.7. The number of fused-ring (bicyclic) bond motifs is 4. The zero-order chi connectivity index (χ0) is 27.8. The van der Waals surface area contributed by atoms with Gasteiger partial charge in [0.1, 0.15) is 12.4 Å². The molecule has 0 saturated heterocycles. The molecule has 202 valence electrons. The van der Waals surface area contributed by atoms with Gasteiger partial charge in [-0.1, -0.05) is 102 Å². The molecule has 3 atom stereocenters. The lowest BCUT2D eigenvalue weighted by molar-refractivity contribution is 0.306. The van der Waals surface area contributed by atoms with Crippen molar-refractivity contribution in [2.24, 2.45) is 10.9 Å². The third kappa shape index (κ3) is 5.03. The van der Waals surface area contributed by atoms with Gasteiger partial charge in [-0.2, -0.15) is 0 Å². The maximum atomic E-state index is 6.38. The molecular formula is C37H31ClN2O. The number of aryl methyl sites for hydroxylation is 1. The number of ether oxygens (including phenoxy) is 1. The highest BCUT2D eigenvalue weighted by atomic mass is 35.5. The van der Waals surface area contributed by atoms with Crippen LogP contribution in [0, 0.1) is 12.8 Å². The highest BCUT2D eigenvalue weighted by molar-refractivity contribution is 6.31. The topological polar surface area (TPSA) is 33.6 Å². The molecule has 5 aromatic carbocycles. The van der Waals surface area contributed by atoms with Crippen molar-refractivity contribution in [1.82, 2.24) is 0 Å². The molecule has 0 spiro atoms. The average Bonchev–Trinajstić information content (AvgIpc) is 3.50. The van der Waals surface area contributed by atoms with Crippen LogP contribution in [0.25, 0.3) is 10.8 Å². The van der Waals surface area contributed by atoms with Gasteiger partial charge < -0.3 is 10.1 Å². The molecule has 1 aliphatic heterocycles. The minimum absolute atomic E-state index is 0.270. The van der Waals surface area contributed by atoms with Gasteiger partial charge in [-0.3, -0.25) is 4.99 Å². The Morgan fingerprint density at radius 2 is 1.76 bits per heavy atom. The molecule has 41 heavy (non-hydrogen) atoms. The van der Waals surface area contributed by atoms with Gasteiger partial charge in [-0.15, -0.1) is 0 Å². The Morgan fingerprint density at radius 3 is 2.63 bits per heavy atom. The van der Waals surface area contributed by atoms with E-state index in [0.29, 0.717) is 23.5 Å². The van der Waals surface area contributed by atoms with E-state index in [1.807, 2.05) is 42.6 Å². The fourth-order valence-electron chi connectivity index (χ4n) is 6.26. The third-order valence-electron chi connectivity index (χ3n) is 8.38. The fraction of sp³-hybridized carbons (Fsp3) is 0.162. The molecule has 2 aliphatic rings. The Morgan fingerprint density at radius 1 is 0.927 bits per heavy atom. The van der Waals surface area contributed by atoms with Gasteiger partial charge in [-0.05, 0) is 71.5 Å². The van der Waals surface area contributed by atoms with Crippen molar-refractivity contribution in [1.29, 1.82) is 0 Å². The molecule has 1 heterocycles. The molecule has 0 bridgehead atoms. The molecule has 0 amide bonds. The van der Waals surface area contributed by atoms with Crippen LogP contribution in [-0.4, -0.2) is 6.21 Å². The van der Waals surface area contributed by atoms with Gasteiger partial charge >= 0.3 is 0 Å². The van der Waals surface area contributed by atoms with Gasteiger partial charge in [0.15, 0.2) is 0 Å².